The molecule has 1 rings (SSSR count). The van der Waals surface area contributed by atoms with Crippen molar-refractivity contribution in [1.29, 1.82) is 21.0 Å². The average molecular weight is 254 g/mol. The molecular weight excluding hydrogens is 250 g/mol. The molecule has 0 fully saturated rings. The van der Waals surface area contributed by atoms with Gasteiger partial charge in [0.15, 0.2) is 5.57 Å². The van der Waals surface area contributed by atoms with Gasteiger partial charge in [-0.25, -0.2) is 0 Å². The molecule has 0 radical (unpaired) electrons. The van der Waals surface area contributed by atoms with Crippen molar-refractivity contribution in [2.45, 2.75) is 0 Å². The fraction of sp³-hybridized carbons (Fsp3) is 0. The highest BCUT2D eigenvalue weighted by Gasteiger charge is 2.09. The first kappa shape index (κ1) is 13.1. The zero-order valence-electron chi connectivity index (χ0n) is 8.90. The van der Waals surface area contributed by atoms with Gasteiger partial charge in [0.2, 0.25) is 0 Å². The van der Waals surface area contributed by atoms with Crippen LogP contribution in [0.5, 0.6) is 0 Å². The van der Waals surface area contributed by atoms with Crippen molar-refractivity contribution >= 4 is 17.3 Å². The van der Waals surface area contributed by atoms with E-state index >= 15 is 0 Å². The number of nitriles is 4. The van der Waals surface area contributed by atoms with Crippen molar-refractivity contribution in [3.63, 3.8) is 0 Å². The Bertz CT molecular complexity index is 660. The Balaban J connectivity index is 3.29. The molecule has 0 heterocycles. The summed E-state index contributed by atoms with van der Waals surface area (Å²) in [5, 5.41) is 38.0. The first-order chi connectivity index (χ1) is 8.65. The predicted octanol–water partition coefficient (Wildman–Crippen LogP) is 2.45. The molecule has 5 nitrogen and oxygen atoms in total. The molecule has 0 aliphatic carbocycles. The van der Waals surface area contributed by atoms with Gasteiger partial charge in [-0.2, -0.15) is 21.0 Å². The minimum absolute atomic E-state index is 0.223. The van der Waals surface area contributed by atoms with E-state index in [1.54, 1.807) is 18.2 Å². The van der Waals surface area contributed by atoms with Crippen LogP contribution in [0.4, 0.5) is 5.69 Å². The zero-order valence-corrected chi connectivity index (χ0v) is 9.65. The van der Waals surface area contributed by atoms with Gasteiger partial charge in [0, 0.05) is 5.02 Å². The van der Waals surface area contributed by atoms with Crippen molar-refractivity contribution in [2.24, 2.45) is 0 Å². The molecule has 18 heavy (non-hydrogen) atoms. The van der Waals surface area contributed by atoms with E-state index < -0.39 is 0 Å². The number of benzene rings is 1. The Labute approximate surface area is 108 Å². The maximum Gasteiger partial charge on any atom is 0.163 e. The number of hydrogen-bond acceptors (Lipinski definition) is 5. The lowest BCUT2D eigenvalue weighted by atomic mass is 10.1. The largest absolute Gasteiger partial charge is 0.344 e. The van der Waals surface area contributed by atoms with Crippen LogP contribution >= 0.6 is 11.6 Å². The van der Waals surface area contributed by atoms with Crippen LogP contribution < -0.4 is 5.32 Å². The van der Waals surface area contributed by atoms with E-state index in [-0.39, 0.29) is 22.5 Å². The summed E-state index contributed by atoms with van der Waals surface area (Å²) in [6.45, 7) is 0. The van der Waals surface area contributed by atoms with E-state index in [9.17, 15) is 0 Å². The van der Waals surface area contributed by atoms with Gasteiger partial charge >= 0.3 is 0 Å². The number of halogens is 1. The van der Waals surface area contributed by atoms with Crippen molar-refractivity contribution < 1.29 is 0 Å². The highest BCUT2D eigenvalue weighted by molar-refractivity contribution is 6.30. The van der Waals surface area contributed by atoms with Crippen LogP contribution in [-0.4, -0.2) is 0 Å². The predicted molar refractivity (Wildman–Crippen MR) is 63.7 cm³/mol. The van der Waals surface area contributed by atoms with Crippen molar-refractivity contribution in [1.82, 2.24) is 0 Å². The van der Waals surface area contributed by atoms with Gasteiger partial charge in [0.05, 0.1) is 11.3 Å². The third kappa shape index (κ3) is 2.77. The molecule has 1 aromatic rings. The summed E-state index contributed by atoms with van der Waals surface area (Å²) in [4.78, 5) is 0. The van der Waals surface area contributed by atoms with Gasteiger partial charge in [-0.05, 0) is 18.2 Å². The minimum Gasteiger partial charge on any atom is -0.344 e. The summed E-state index contributed by atoms with van der Waals surface area (Å²) in [5.41, 5.74) is -0.0629. The average Bonchev–Trinajstić information content (AvgIpc) is 2.39. The first-order valence-electron chi connectivity index (χ1n) is 4.57. The second-order valence-electron chi connectivity index (χ2n) is 3.01. The van der Waals surface area contributed by atoms with Crippen LogP contribution in [0.1, 0.15) is 5.56 Å². The van der Waals surface area contributed by atoms with Crippen LogP contribution in [0.25, 0.3) is 0 Å². The molecule has 0 aliphatic rings. The van der Waals surface area contributed by atoms with Crippen LogP contribution in [-0.2, 0) is 0 Å². The van der Waals surface area contributed by atoms with E-state index in [0.29, 0.717) is 5.02 Å². The van der Waals surface area contributed by atoms with Gasteiger partial charge in [-0.3, -0.25) is 0 Å². The number of nitrogens with zero attached hydrogens (tertiary/aromatic N) is 4. The Kier molecular flexibility index (Phi) is 4.30. The Morgan fingerprint density at radius 1 is 1.06 bits per heavy atom. The van der Waals surface area contributed by atoms with E-state index in [1.165, 1.54) is 18.2 Å². The van der Waals surface area contributed by atoms with Gasteiger partial charge in [-0.1, -0.05) is 11.6 Å². The molecule has 84 valence electrons. The summed E-state index contributed by atoms with van der Waals surface area (Å²) >= 11 is 5.77. The quantitative estimate of drug-likeness (QED) is 0.815. The molecule has 0 bridgehead atoms. The monoisotopic (exact) mass is 253 g/mol. The Morgan fingerprint density at radius 2 is 1.72 bits per heavy atom. The maximum absolute atomic E-state index is 8.89. The molecule has 0 aliphatic heterocycles. The van der Waals surface area contributed by atoms with Gasteiger partial charge in [0.1, 0.15) is 30.0 Å². The highest BCUT2D eigenvalue weighted by atomic mass is 35.5. The molecule has 0 saturated heterocycles. The number of anilines is 1. The van der Waals surface area contributed by atoms with E-state index in [4.69, 9.17) is 32.6 Å². The molecule has 0 unspecified atom stereocenters. The van der Waals surface area contributed by atoms with E-state index in [1.807, 2.05) is 6.07 Å². The SMILES string of the molecule is N#CC(C#N)=C(C#N)Nc1cc(Cl)ccc1C#N. The minimum atomic E-state index is -0.360. The lowest BCUT2D eigenvalue weighted by Gasteiger charge is -2.06. The summed E-state index contributed by atoms with van der Waals surface area (Å²) in [6, 6.07) is 11.2. The molecule has 0 spiro atoms. The van der Waals surface area contributed by atoms with Gasteiger partial charge in [-0.15, -0.1) is 0 Å². The normalized spacial score (nSPS) is 8.06. The third-order valence-electron chi connectivity index (χ3n) is 1.95. The molecule has 0 amide bonds. The topological polar surface area (TPSA) is 107 Å². The molecule has 1 N–H and O–H groups in total. The summed E-state index contributed by atoms with van der Waals surface area (Å²) < 4.78 is 0. The second-order valence-corrected chi connectivity index (χ2v) is 3.45. The Hall–Kier alpha value is -2.99. The number of hydrogen-bond donors (Lipinski definition) is 1. The van der Waals surface area contributed by atoms with Crippen LogP contribution in [0.3, 0.4) is 0 Å². The molecule has 0 atom stereocenters. The van der Waals surface area contributed by atoms with Crippen LogP contribution in [0.15, 0.2) is 29.5 Å². The van der Waals surface area contributed by atoms with Crippen molar-refractivity contribution in [2.75, 3.05) is 5.32 Å². The van der Waals surface area contributed by atoms with Crippen LogP contribution in [0.2, 0.25) is 5.02 Å². The third-order valence-corrected chi connectivity index (χ3v) is 2.18. The lowest BCUT2D eigenvalue weighted by Crippen LogP contribution is -2.02. The fourth-order valence-electron chi connectivity index (χ4n) is 1.14. The van der Waals surface area contributed by atoms with E-state index in [0.717, 1.165) is 0 Å². The summed E-state index contributed by atoms with van der Waals surface area (Å²) in [6.07, 6.45) is 0. The number of rotatable bonds is 2. The first-order valence-corrected chi connectivity index (χ1v) is 4.95. The molecule has 1 aromatic carbocycles. The zero-order chi connectivity index (χ0) is 13.5. The van der Waals surface area contributed by atoms with Gasteiger partial charge < -0.3 is 5.32 Å². The smallest absolute Gasteiger partial charge is 0.163 e. The standard InChI is InChI=1S/C12H4ClN5/c13-10-2-1-8(4-14)11(3-10)18-12(7-17)9(5-15)6-16/h1-3,18H. The Morgan fingerprint density at radius 3 is 2.22 bits per heavy atom. The lowest BCUT2D eigenvalue weighted by molar-refractivity contribution is 1.36. The van der Waals surface area contributed by atoms with Crippen molar-refractivity contribution in [3.8, 4) is 24.3 Å². The van der Waals surface area contributed by atoms with Crippen LogP contribution in [0, 0.1) is 45.3 Å². The summed E-state index contributed by atoms with van der Waals surface area (Å²) in [7, 11) is 0. The summed E-state index contributed by atoms with van der Waals surface area (Å²) in [5.74, 6) is 0. The van der Waals surface area contributed by atoms with Crippen molar-refractivity contribution in [3.05, 3.63) is 40.1 Å². The molecule has 0 saturated carbocycles. The maximum atomic E-state index is 8.89. The van der Waals surface area contributed by atoms with E-state index in [2.05, 4.69) is 5.32 Å². The molecule has 6 heteroatoms. The number of nitrogens with one attached hydrogen (secondary N) is 1. The molecular formula is C12H4ClN5. The number of allylic oxidation sites excluding steroid dienone is 2. The van der Waals surface area contributed by atoms with Gasteiger partial charge in [0.25, 0.3) is 0 Å². The fourth-order valence-corrected chi connectivity index (χ4v) is 1.31. The highest BCUT2D eigenvalue weighted by Crippen LogP contribution is 2.22. The second kappa shape index (κ2) is 5.92. The molecule has 0 aromatic heterocycles.